The van der Waals surface area contributed by atoms with Crippen LogP contribution in [0.3, 0.4) is 0 Å². The molecular formula is C18H29ClN4O3S. The van der Waals surface area contributed by atoms with Crippen molar-refractivity contribution in [3.05, 3.63) is 28.8 Å². The molecule has 9 heteroatoms. The molecule has 1 fully saturated rings. The summed E-state index contributed by atoms with van der Waals surface area (Å²) in [6, 6.07) is 5.68. The molecule has 1 saturated heterocycles. The SMILES string of the molecule is CN=C(NCCc1ccc(OC)cc1Cl)NCC1CCN(S(C)(=O)=O)CC1. The fourth-order valence-electron chi connectivity index (χ4n) is 3.08. The number of sulfonamides is 1. The molecule has 2 rings (SSSR count). The van der Waals surface area contributed by atoms with E-state index in [0.717, 1.165) is 43.1 Å². The first-order valence-electron chi connectivity index (χ1n) is 9.05. The summed E-state index contributed by atoms with van der Waals surface area (Å²) < 4.78 is 29.8. The summed E-state index contributed by atoms with van der Waals surface area (Å²) in [7, 11) is 0.283. The van der Waals surface area contributed by atoms with Crippen LogP contribution in [-0.2, 0) is 16.4 Å². The van der Waals surface area contributed by atoms with Gasteiger partial charge >= 0.3 is 0 Å². The second kappa shape index (κ2) is 10.1. The first kappa shape index (κ1) is 21.8. The van der Waals surface area contributed by atoms with Crippen molar-refractivity contribution in [2.75, 3.05) is 46.6 Å². The number of benzene rings is 1. The molecule has 0 radical (unpaired) electrons. The van der Waals surface area contributed by atoms with Gasteiger partial charge in [0.15, 0.2) is 5.96 Å². The largest absolute Gasteiger partial charge is 0.497 e. The van der Waals surface area contributed by atoms with Crippen molar-refractivity contribution >= 4 is 27.6 Å². The molecule has 0 unspecified atom stereocenters. The number of methoxy groups -OCH3 is 1. The smallest absolute Gasteiger partial charge is 0.211 e. The minimum absolute atomic E-state index is 0.442. The molecule has 0 spiro atoms. The fraction of sp³-hybridized carbons (Fsp3) is 0.611. The number of guanidine groups is 1. The number of nitrogens with one attached hydrogen (secondary N) is 2. The lowest BCUT2D eigenvalue weighted by Crippen LogP contribution is -2.44. The highest BCUT2D eigenvalue weighted by atomic mass is 35.5. The van der Waals surface area contributed by atoms with Gasteiger partial charge < -0.3 is 15.4 Å². The maximum atomic E-state index is 11.6. The molecule has 152 valence electrons. The summed E-state index contributed by atoms with van der Waals surface area (Å²) in [5, 5.41) is 7.31. The Balaban J connectivity index is 1.72. The minimum atomic E-state index is -3.07. The zero-order valence-corrected chi connectivity index (χ0v) is 17.7. The summed E-state index contributed by atoms with van der Waals surface area (Å²) in [5.41, 5.74) is 1.05. The van der Waals surface area contributed by atoms with Crippen molar-refractivity contribution in [3.63, 3.8) is 0 Å². The van der Waals surface area contributed by atoms with Gasteiger partial charge in [0.25, 0.3) is 0 Å². The monoisotopic (exact) mass is 416 g/mol. The van der Waals surface area contributed by atoms with Gasteiger partial charge in [-0.05, 0) is 42.9 Å². The highest BCUT2D eigenvalue weighted by Crippen LogP contribution is 2.22. The number of ether oxygens (including phenoxy) is 1. The Bertz CT molecular complexity index is 747. The van der Waals surface area contributed by atoms with Crippen molar-refractivity contribution in [3.8, 4) is 5.75 Å². The molecule has 7 nitrogen and oxygen atoms in total. The minimum Gasteiger partial charge on any atom is -0.497 e. The van der Waals surface area contributed by atoms with Gasteiger partial charge in [-0.15, -0.1) is 0 Å². The van der Waals surface area contributed by atoms with Gasteiger partial charge in [-0.25, -0.2) is 12.7 Å². The maximum Gasteiger partial charge on any atom is 0.211 e. The van der Waals surface area contributed by atoms with Crippen molar-refractivity contribution in [2.45, 2.75) is 19.3 Å². The van der Waals surface area contributed by atoms with Crippen LogP contribution in [0.2, 0.25) is 5.02 Å². The first-order valence-corrected chi connectivity index (χ1v) is 11.3. The van der Waals surface area contributed by atoms with Crippen LogP contribution in [0.15, 0.2) is 23.2 Å². The van der Waals surface area contributed by atoms with E-state index in [1.54, 1.807) is 18.5 Å². The van der Waals surface area contributed by atoms with E-state index in [4.69, 9.17) is 16.3 Å². The topological polar surface area (TPSA) is 83.0 Å². The van der Waals surface area contributed by atoms with Crippen molar-refractivity contribution in [1.29, 1.82) is 0 Å². The maximum absolute atomic E-state index is 11.6. The number of aliphatic imine (C=N–C) groups is 1. The van der Waals surface area contributed by atoms with E-state index in [1.807, 2.05) is 18.2 Å². The molecular weight excluding hydrogens is 388 g/mol. The summed E-state index contributed by atoms with van der Waals surface area (Å²) >= 11 is 6.26. The van der Waals surface area contributed by atoms with Crippen LogP contribution in [0.5, 0.6) is 5.75 Å². The third kappa shape index (κ3) is 6.86. The Morgan fingerprint density at radius 3 is 2.59 bits per heavy atom. The molecule has 1 aliphatic rings. The van der Waals surface area contributed by atoms with Crippen LogP contribution in [0.1, 0.15) is 18.4 Å². The van der Waals surface area contributed by atoms with Crippen LogP contribution < -0.4 is 15.4 Å². The van der Waals surface area contributed by atoms with E-state index < -0.39 is 10.0 Å². The zero-order valence-electron chi connectivity index (χ0n) is 16.2. The van der Waals surface area contributed by atoms with E-state index in [-0.39, 0.29) is 0 Å². The third-order valence-electron chi connectivity index (χ3n) is 4.77. The Morgan fingerprint density at radius 1 is 1.33 bits per heavy atom. The molecule has 27 heavy (non-hydrogen) atoms. The molecule has 1 aromatic carbocycles. The predicted octanol–water partition coefficient (Wildman–Crippen LogP) is 1.73. The molecule has 1 aromatic rings. The molecule has 0 aliphatic carbocycles. The summed E-state index contributed by atoms with van der Waals surface area (Å²) in [5.74, 6) is 1.93. The molecule has 0 saturated carbocycles. The van der Waals surface area contributed by atoms with E-state index in [2.05, 4.69) is 15.6 Å². The number of halogens is 1. The van der Waals surface area contributed by atoms with Gasteiger partial charge in [0, 0.05) is 38.2 Å². The van der Waals surface area contributed by atoms with Gasteiger partial charge in [0.05, 0.1) is 13.4 Å². The Morgan fingerprint density at radius 2 is 2.04 bits per heavy atom. The number of nitrogens with zero attached hydrogens (tertiary/aromatic N) is 2. The van der Waals surface area contributed by atoms with Crippen LogP contribution >= 0.6 is 11.6 Å². The lowest BCUT2D eigenvalue weighted by molar-refractivity contribution is 0.275. The van der Waals surface area contributed by atoms with Crippen molar-refractivity contribution < 1.29 is 13.2 Å². The van der Waals surface area contributed by atoms with Gasteiger partial charge in [-0.2, -0.15) is 0 Å². The molecule has 0 bridgehead atoms. The van der Waals surface area contributed by atoms with Crippen molar-refractivity contribution in [2.24, 2.45) is 10.9 Å². The van der Waals surface area contributed by atoms with E-state index in [9.17, 15) is 8.42 Å². The number of rotatable bonds is 7. The molecule has 2 N–H and O–H groups in total. The first-order chi connectivity index (χ1) is 12.8. The Hall–Kier alpha value is -1.51. The highest BCUT2D eigenvalue weighted by Gasteiger charge is 2.24. The molecule has 0 aromatic heterocycles. The van der Waals surface area contributed by atoms with Crippen LogP contribution in [-0.4, -0.2) is 65.3 Å². The standard InChI is InChI=1S/C18H29ClN4O3S/c1-20-18(21-9-6-15-4-5-16(26-2)12-17(15)19)22-13-14-7-10-23(11-8-14)27(3,24)25/h4-5,12,14H,6-11,13H2,1-3H3,(H2,20,21,22). The lowest BCUT2D eigenvalue weighted by Gasteiger charge is -2.30. The normalized spacial score (nSPS) is 17.0. The van der Waals surface area contributed by atoms with E-state index in [1.165, 1.54) is 6.26 Å². The molecule has 1 heterocycles. The zero-order chi connectivity index (χ0) is 19.9. The van der Waals surface area contributed by atoms with Crippen LogP contribution in [0, 0.1) is 5.92 Å². The Kier molecular flexibility index (Phi) is 8.19. The summed E-state index contributed by atoms with van der Waals surface area (Å²) in [6.07, 6.45) is 3.76. The summed E-state index contributed by atoms with van der Waals surface area (Å²) in [4.78, 5) is 4.24. The van der Waals surface area contributed by atoms with Crippen LogP contribution in [0.4, 0.5) is 0 Å². The van der Waals surface area contributed by atoms with Gasteiger partial charge in [-0.3, -0.25) is 4.99 Å². The lowest BCUT2D eigenvalue weighted by atomic mass is 9.98. The average Bonchev–Trinajstić information content (AvgIpc) is 2.65. The van der Waals surface area contributed by atoms with Gasteiger partial charge in [0.2, 0.25) is 10.0 Å². The van der Waals surface area contributed by atoms with Gasteiger partial charge in [-0.1, -0.05) is 17.7 Å². The van der Waals surface area contributed by atoms with E-state index >= 15 is 0 Å². The van der Waals surface area contributed by atoms with Crippen LogP contribution in [0.25, 0.3) is 0 Å². The quantitative estimate of drug-likeness (QED) is 0.522. The number of piperidine rings is 1. The third-order valence-corrected chi connectivity index (χ3v) is 6.43. The molecule has 1 aliphatic heterocycles. The predicted molar refractivity (Wildman–Crippen MR) is 110 cm³/mol. The summed E-state index contributed by atoms with van der Waals surface area (Å²) in [6.45, 7) is 2.67. The van der Waals surface area contributed by atoms with Gasteiger partial charge in [0.1, 0.15) is 5.75 Å². The number of hydrogen-bond donors (Lipinski definition) is 2. The number of hydrogen-bond acceptors (Lipinski definition) is 4. The van der Waals surface area contributed by atoms with Crippen molar-refractivity contribution in [1.82, 2.24) is 14.9 Å². The second-order valence-electron chi connectivity index (χ2n) is 6.69. The fourth-order valence-corrected chi connectivity index (χ4v) is 4.22. The Labute approximate surface area is 167 Å². The average molecular weight is 417 g/mol. The molecule has 0 amide bonds. The second-order valence-corrected chi connectivity index (χ2v) is 9.08. The van der Waals surface area contributed by atoms with E-state index in [0.29, 0.717) is 30.6 Å². The highest BCUT2D eigenvalue weighted by molar-refractivity contribution is 7.88. The molecule has 0 atom stereocenters.